The summed E-state index contributed by atoms with van der Waals surface area (Å²) in [6.07, 6.45) is 5.46. The first-order chi connectivity index (χ1) is 13.2. The van der Waals surface area contributed by atoms with E-state index >= 15 is 0 Å². The van der Waals surface area contributed by atoms with Crippen LogP contribution in [0.5, 0.6) is 0 Å². The van der Waals surface area contributed by atoms with Crippen molar-refractivity contribution >= 4 is 39.0 Å². The van der Waals surface area contributed by atoms with E-state index in [0.29, 0.717) is 11.4 Å². The first kappa shape index (κ1) is 14.5. The zero-order valence-electron chi connectivity index (χ0n) is 14.8. The number of fused-ring (bicyclic) bond motifs is 6. The number of imidazole rings is 1. The van der Waals surface area contributed by atoms with Gasteiger partial charge >= 0.3 is 11.5 Å². The maximum atomic E-state index is 6.20. The molecule has 0 aliphatic carbocycles. The molecular weight excluding hydrogens is 340 g/mol. The lowest BCUT2D eigenvalue weighted by Crippen LogP contribution is -2.28. The lowest BCUT2D eigenvalue weighted by molar-refractivity contribution is -0.658. The number of nitrogens with zero attached hydrogens (tertiary/aromatic N) is 4. The average Bonchev–Trinajstić information content (AvgIpc) is 3.31. The third kappa shape index (κ3) is 1.81. The minimum absolute atomic E-state index is 0.616. The van der Waals surface area contributed by atoms with Crippen LogP contribution < -0.4 is 4.57 Å². The lowest BCUT2D eigenvalue weighted by atomic mass is 10.0. The van der Waals surface area contributed by atoms with E-state index in [1.807, 2.05) is 37.5 Å². The van der Waals surface area contributed by atoms with Crippen LogP contribution in [0.1, 0.15) is 5.56 Å². The Morgan fingerprint density at radius 3 is 2.63 bits per heavy atom. The Morgan fingerprint density at radius 1 is 0.926 bits per heavy atom. The summed E-state index contributed by atoms with van der Waals surface area (Å²) in [5, 5.41) is 2.07. The molecule has 0 spiro atoms. The molecule has 0 radical (unpaired) electrons. The van der Waals surface area contributed by atoms with Crippen molar-refractivity contribution in [3.63, 3.8) is 0 Å². The van der Waals surface area contributed by atoms with Gasteiger partial charge in [0.25, 0.3) is 5.71 Å². The number of oxazole rings is 1. The fourth-order valence-electron chi connectivity index (χ4n) is 3.92. The van der Waals surface area contributed by atoms with Crippen LogP contribution in [0.4, 0.5) is 0 Å². The highest BCUT2D eigenvalue weighted by Crippen LogP contribution is 2.37. The lowest BCUT2D eigenvalue weighted by Gasteiger charge is -2.03. The number of furan rings is 1. The van der Waals surface area contributed by atoms with Gasteiger partial charge in [-0.1, -0.05) is 12.1 Å². The number of pyridine rings is 2. The maximum absolute atomic E-state index is 6.20. The Morgan fingerprint density at radius 2 is 1.74 bits per heavy atom. The molecule has 6 rings (SSSR count). The largest absolute Gasteiger partial charge is 0.437 e. The average molecular weight is 355 g/mol. The van der Waals surface area contributed by atoms with Gasteiger partial charge in [-0.05, 0) is 36.8 Å². The first-order valence-corrected chi connectivity index (χ1v) is 8.74. The van der Waals surface area contributed by atoms with Crippen LogP contribution in [0.25, 0.3) is 50.4 Å². The third-order valence-electron chi connectivity index (χ3n) is 5.11. The van der Waals surface area contributed by atoms with E-state index in [4.69, 9.17) is 8.83 Å². The van der Waals surface area contributed by atoms with Crippen molar-refractivity contribution in [2.75, 3.05) is 0 Å². The zero-order chi connectivity index (χ0) is 18.1. The second-order valence-corrected chi connectivity index (χ2v) is 6.76. The van der Waals surface area contributed by atoms with Crippen molar-refractivity contribution in [2.24, 2.45) is 7.05 Å². The number of hydrogen-bond donors (Lipinski definition) is 0. The number of rotatable bonds is 1. The molecule has 6 nitrogen and oxygen atoms in total. The van der Waals surface area contributed by atoms with Crippen molar-refractivity contribution in [2.45, 2.75) is 6.92 Å². The van der Waals surface area contributed by atoms with E-state index in [2.05, 4.69) is 38.0 Å². The fraction of sp³-hybridized carbons (Fsp3) is 0.0952. The molecule has 0 saturated carbocycles. The third-order valence-corrected chi connectivity index (χ3v) is 5.11. The van der Waals surface area contributed by atoms with Crippen LogP contribution in [0, 0.1) is 6.92 Å². The van der Waals surface area contributed by atoms with Crippen LogP contribution in [0.3, 0.4) is 0 Å². The molecule has 0 aliphatic heterocycles. The standard InChI is InChI=1S/C21H15N4O2/c1-12-7-8-13-14-5-3-9-22-19(14)27-18(13)17(12)21-24(2)11-16-25(21)15-6-4-10-23-20(15)26-16/h3-11H,1-2H3/q+1. The van der Waals surface area contributed by atoms with Gasteiger partial charge < -0.3 is 8.83 Å². The van der Waals surface area contributed by atoms with Gasteiger partial charge in [-0.3, -0.25) is 0 Å². The molecule has 0 N–H and O–H groups in total. The van der Waals surface area contributed by atoms with E-state index in [9.17, 15) is 0 Å². The van der Waals surface area contributed by atoms with Crippen LogP contribution in [-0.2, 0) is 7.05 Å². The van der Waals surface area contributed by atoms with Crippen LogP contribution in [-0.4, -0.2) is 14.4 Å². The van der Waals surface area contributed by atoms with Gasteiger partial charge in [0, 0.05) is 23.2 Å². The number of benzene rings is 1. The molecule has 0 saturated heterocycles. The van der Waals surface area contributed by atoms with Crippen molar-refractivity contribution in [1.29, 1.82) is 0 Å². The Balaban J connectivity index is 1.83. The quantitative estimate of drug-likeness (QED) is 0.415. The summed E-state index contributed by atoms with van der Waals surface area (Å²) in [5.74, 6) is 0.985. The van der Waals surface area contributed by atoms with E-state index < -0.39 is 0 Å². The SMILES string of the molecule is Cc1ccc2c(oc3ncccc32)c1-c1n2c(c[n+]1C)oc1ncccc12. The summed E-state index contributed by atoms with van der Waals surface area (Å²) in [4.78, 5) is 8.73. The van der Waals surface area contributed by atoms with Crippen molar-refractivity contribution in [1.82, 2.24) is 14.4 Å². The summed E-state index contributed by atoms with van der Waals surface area (Å²) in [5.41, 5.74) is 5.91. The van der Waals surface area contributed by atoms with Gasteiger partial charge in [0.2, 0.25) is 5.71 Å². The minimum atomic E-state index is 0.616. The first-order valence-electron chi connectivity index (χ1n) is 8.74. The molecule has 0 aliphatic rings. The molecular formula is C21H15N4O2+. The smallest absolute Gasteiger partial charge is 0.337 e. The van der Waals surface area contributed by atoms with Crippen molar-refractivity contribution < 1.29 is 13.4 Å². The van der Waals surface area contributed by atoms with Gasteiger partial charge in [0.15, 0.2) is 17.3 Å². The summed E-state index contributed by atoms with van der Waals surface area (Å²) in [7, 11) is 2.01. The van der Waals surface area contributed by atoms with Crippen molar-refractivity contribution in [3.05, 3.63) is 60.6 Å². The highest BCUT2D eigenvalue weighted by molar-refractivity contribution is 6.08. The molecule has 130 valence electrons. The molecule has 0 amide bonds. The molecule has 6 aromatic rings. The number of aryl methyl sites for hydroxylation is 2. The molecule has 6 heteroatoms. The molecule has 5 aromatic heterocycles. The van der Waals surface area contributed by atoms with E-state index in [-0.39, 0.29) is 0 Å². The molecule has 1 aromatic carbocycles. The summed E-state index contributed by atoms with van der Waals surface area (Å²) < 4.78 is 16.3. The van der Waals surface area contributed by atoms with E-state index in [1.54, 1.807) is 12.4 Å². The highest BCUT2D eigenvalue weighted by Gasteiger charge is 2.29. The number of aromatic nitrogens is 4. The summed E-state index contributed by atoms with van der Waals surface area (Å²) in [6.45, 7) is 2.09. The molecule has 0 unspecified atom stereocenters. The second-order valence-electron chi connectivity index (χ2n) is 6.76. The molecule has 0 atom stereocenters. The maximum Gasteiger partial charge on any atom is 0.337 e. The fourth-order valence-corrected chi connectivity index (χ4v) is 3.92. The monoisotopic (exact) mass is 355 g/mol. The molecule has 0 bridgehead atoms. The van der Waals surface area contributed by atoms with Gasteiger partial charge in [-0.15, -0.1) is 0 Å². The van der Waals surface area contributed by atoms with Gasteiger partial charge in [-0.2, -0.15) is 4.40 Å². The highest BCUT2D eigenvalue weighted by atomic mass is 16.4. The second kappa shape index (κ2) is 4.94. The number of hydrogen-bond acceptors (Lipinski definition) is 4. The topological polar surface area (TPSA) is 60.4 Å². The van der Waals surface area contributed by atoms with E-state index in [0.717, 1.165) is 44.5 Å². The molecule has 0 fully saturated rings. The van der Waals surface area contributed by atoms with E-state index in [1.165, 1.54) is 0 Å². The minimum Gasteiger partial charge on any atom is -0.437 e. The molecule has 5 heterocycles. The van der Waals surface area contributed by atoms with Crippen LogP contribution >= 0.6 is 0 Å². The Kier molecular flexibility index (Phi) is 2.65. The molecule has 27 heavy (non-hydrogen) atoms. The predicted octanol–water partition coefficient (Wildman–Crippen LogP) is 4.17. The van der Waals surface area contributed by atoms with Gasteiger partial charge in [-0.25, -0.2) is 14.5 Å². The van der Waals surface area contributed by atoms with Crippen LogP contribution in [0.2, 0.25) is 0 Å². The zero-order valence-corrected chi connectivity index (χ0v) is 14.8. The van der Waals surface area contributed by atoms with Gasteiger partial charge in [0.05, 0.1) is 7.05 Å². The Labute approximate surface area is 153 Å². The summed E-state index contributed by atoms with van der Waals surface area (Å²) >= 11 is 0. The Hall–Kier alpha value is -3.67. The van der Waals surface area contributed by atoms with Crippen LogP contribution in [0.15, 0.2) is 63.8 Å². The Bertz CT molecular complexity index is 1500. The normalized spacial score (nSPS) is 12.1. The predicted molar refractivity (Wildman–Crippen MR) is 101 cm³/mol. The van der Waals surface area contributed by atoms with Crippen molar-refractivity contribution in [3.8, 4) is 11.4 Å². The van der Waals surface area contributed by atoms with Gasteiger partial charge in [0.1, 0.15) is 5.56 Å². The summed E-state index contributed by atoms with van der Waals surface area (Å²) in [6, 6.07) is 12.1.